The Morgan fingerprint density at radius 2 is 1.08 bits per heavy atom. The first-order valence-corrected chi connectivity index (χ1v) is 28.4. The number of nitrogens with zero attached hydrogens (tertiary/aromatic N) is 6. The van der Waals surface area contributed by atoms with Crippen molar-refractivity contribution >= 4 is 47.7 Å². The van der Waals surface area contributed by atoms with Crippen LogP contribution in [0.5, 0.6) is 11.5 Å². The molecule has 9 atom stereocenters. The molecule has 10 rings (SSSR count). The molecule has 0 aliphatic carbocycles. The van der Waals surface area contributed by atoms with Gasteiger partial charge in [-0.15, -0.1) is 0 Å². The Kier molecular flexibility index (Phi) is 19.1. The molecule has 2 spiro atoms. The number of hydrogen-bond donors (Lipinski definition) is 2. The molecule has 6 aliphatic heterocycles. The smallest absolute Gasteiger partial charge is 0.482 e. The largest absolute Gasteiger partial charge is 0.514 e. The third-order valence-electron chi connectivity index (χ3n) is 16.8. The molecule has 482 valence electrons. The number of carbonyl (C=O) groups is 6. The van der Waals surface area contributed by atoms with Gasteiger partial charge in [0, 0.05) is 91.0 Å². The zero-order valence-corrected chi connectivity index (χ0v) is 50.0. The zero-order chi connectivity index (χ0) is 64.4. The van der Waals surface area contributed by atoms with Crippen LogP contribution in [0.25, 0.3) is 0 Å². The molecule has 2 fully saturated rings. The highest BCUT2D eigenvalue weighted by Gasteiger charge is 2.57. The number of rotatable bonds is 14. The van der Waals surface area contributed by atoms with Gasteiger partial charge < -0.3 is 77.1 Å². The Morgan fingerprint density at radius 3 is 1.46 bits per heavy atom. The van der Waals surface area contributed by atoms with Crippen molar-refractivity contribution in [1.29, 1.82) is 0 Å². The molecule has 4 aromatic rings. The first-order valence-electron chi connectivity index (χ1n) is 28.4. The second-order valence-electron chi connectivity index (χ2n) is 22.4. The highest BCUT2D eigenvalue weighted by Crippen LogP contribution is 2.48. The van der Waals surface area contributed by atoms with Crippen LogP contribution in [0, 0.1) is 23.3 Å². The number of methoxy groups -OCH3 is 4. The number of hydrogen-bond acceptors (Lipinski definition) is 20. The monoisotopic (exact) mass is 1250 g/mol. The van der Waals surface area contributed by atoms with E-state index in [4.69, 9.17) is 47.6 Å². The Labute approximate surface area is 508 Å². The quantitative estimate of drug-likeness (QED) is 0.0981. The van der Waals surface area contributed by atoms with Crippen LogP contribution >= 0.6 is 0 Å². The molecule has 89 heavy (non-hydrogen) atoms. The van der Waals surface area contributed by atoms with Crippen LogP contribution in [0.1, 0.15) is 141 Å². The van der Waals surface area contributed by atoms with Crippen LogP contribution in [0.4, 0.5) is 27.2 Å². The van der Waals surface area contributed by atoms with Crippen molar-refractivity contribution in [1.82, 2.24) is 29.6 Å². The van der Waals surface area contributed by atoms with Crippen molar-refractivity contribution in [2.24, 2.45) is 10.3 Å². The number of aromatic nitrogens is 2. The van der Waals surface area contributed by atoms with E-state index in [0.29, 0.717) is 49.6 Å². The minimum atomic E-state index is -1.29. The maximum atomic E-state index is 14.3. The molecule has 4 amide bonds. The van der Waals surface area contributed by atoms with Crippen molar-refractivity contribution < 1.29 is 96.8 Å². The van der Waals surface area contributed by atoms with E-state index in [1.165, 1.54) is 56.9 Å². The van der Waals surface area contributed by atoms with Gasteiger partial charge in [-0.25, -0.2) is 27.2 Å². The molecule has 2 saturated heterocycles. The minimum absolute atomic E-state index is 0. The fourth-order valence-corrected chi connectivity index (χ4v) is 11.5. The van der Waals surface area contributed by atoms with Crippen LogP contribution in [0.15, 0.2) is 68.7 Å². The molecule has 0 radical (unpaired) electrons. The fraction of sp³-hybridized carbons (Fsp3) is 0.492. The van der Waals surface area contributed by atoms with E-state index in [0.717, 1.165) is 24.3 Å². The summed E-state index contributed by atoms with van der Waals surface area (Å²) in [5.74, 6) is -7.23. The first-order chi connectivity index (χ1) is 42.4. The number of halogens is 4. The second-order valence-corrected chi connectivity index (χ2v) is 22.4. The van der Waals surface area contributed by atoms with Crippen LogP contribution < -0.4 is 31.0 Å². The van der Waals surface area contributed by atoms with Gasteiger partial charge >= 0.3 is 12.3 Å². The summed E-state index contributed by atoms with van der Waals surface area (Å²) in [7, 11) is 5.74. The van der Waals surface area contributed by atoms with Crippen molar-refractivity contribution in [2.45, 2.75) is 140 Å². The normalized spacial score (nSPS) is 23.1. The summed E-state index contributed by atoms with van der Waals surface area (Å²) in [6, 6.07) is 3.76. The van der Waals surface area contributed by atoms with E-state index in [9.17, 15) is 55.9 Å². The number of fused-ring (bicyclic) bond motifs is 10. The summed E-state index contributed by atoms with van der Waals surface area (Å²) >= 11 is 0. The number of ether oxygens (including phenoxy) is 8. The fourth-order valence-electron chi connectivity index (χ4n) is 11.5. The van der Waals surface area contributed by atoms with Gasteiger partial charge in [0.15, 0.2) is 22.6 Å². The van der Waals surface area contributed by atoms with Crippen molar-refractivity contribution in [3.05, 3.63) is 126 Å². The Bertz CT molecular complexity index is 3670. The highest BCUT2D eigenvalue weighted by atomic mass is 19.1. The van der Waals surface area contributed by atoms with Gasteiger partial charge in [0.1, 0.15) is 46.6 Å². The SMILES string of the molecule is COC1=NO[C@@]2(CC[C@H](C)N3C[C@H]2n2cc(C(=O)NCc4ccc(F)cc4F)c(=O)c(OC(=O)OC(C)C(C)OC)c2C3=O)C1.COC[C@@H](C)OC(=O)Oc1c2n(cc(C(=O)NCc3ccc(F)cc3F)c1=O)[C@@H]1CN(C2=O)[C@@H](C)CC[C@]12CC(OC)=NO2.[HH].[HH]. The van der Waals surface area contributed by atoms with Crippen molar-refractivity contribution in [3.63, 3.8) is 0 Å². The molecule has 2 aromatic carbocycles. The highest BCUT2D eigenvalue weighted by molar-refractivity contribution is 6.01. The average molecular weight is 1260 g/mol. The minimum Gasteiger partial charge on any atom is -0.482 e. The van der Waals surface area contributed by atoms with Crippen molar-refractivity contribution in [3.8, 4) is 11.5 Å². The number of oxime groups is 2. The number of pyridine rings is 2. The van der Waals surface area contributed by atoms with Gasteiger partial charge in [0.25, 0.3) is 23.6 Å². The lowest BCUT2D eigenvalue weighted by Gasteiger charge is -2.41. The maximum Gasteiger partial charge on any atom is 0.514 e. The van der Waals surface area contributed by atoms with Crippen LogP contribution in [0.2, 0.25) is 0 Å². The summed E-state index contributed by atoms with van der Waals surface area (Å²) in [5, 5.41) is 13.0. The molecule has 4 bridgehead atoms. The molecule has 8 heterocycles. The predicted molar refractivity (Wildman–Crippen MR) is 305 cm³/mol. The lowest BCUT2D eigenvalue weighted by Crippen LogP contribution is -2.52. The molecule has 6 aliphatic rings. The van der Waals surface area contributed by atoms with Gasteiger partial charge in [0.05, 0.1) is 51.9 Å². The Morgan fingerprint density at radius 1 is 0.652 bits per heavy atom. The zero-order valence-electron chi connectivity index (χ0n) is 50.0. The Balaban J connectivity index is 0.000000253. The van der Waals surface area contributed by atoms with E-state index in [2.05, 4.69) is 20.9 Å². The van der Waals surface area contributed by atoms with Crippen molar-refractivity contribution in [2.75, 3.05) is 48.1 Å². The van der Waals surface area contributed by atoms with E-state index < -0.39 is 134 Å². The molecule has 30 heteroatoms. The lowest BCUT2D eigenvalue weighted by atomic mass is 9.85. The number of benzene rings is 2. The van der Waals surface area contributed by atoms with Crippen LogP contribution in [-0.4, -0.2) is 156 Å². The van der Waals surface area contributed by atoms with E-state index in [1.807, 2.05) is 13.8 Å². The molecule has 26 nitrogen and oxygen atoms in total. The van der Waals surface area contributed by atoms with Gasteiger partial charge in [-0.2, -0.15) is 0 Å². The lowest BCUT2D eigenvalue weighted by molar-refractivity contribution is -0.0658. The maximum absolute atomic E-state index is 14.3. The second kappa shape index (κ2) is 26.3. The summed E-state index contributed by atoms with van der Waals surface area (Å²) in [6.07, 6.45) is 0.165. The van der Waals surface area contributed by atoms with E-state index in [-0.39, 0.29) is 83.1 Å². The van der Waals surface area contributed by atoms with Gasteiger partial charge in [0.2, 0.25) is 34.2 Å². The summed E-state index contributed by atoms with van der Waals surface area (Å²) in [6.45, 7) is 7.99. The van der Waals surface area contributed by atoms with Gasteiger partial charge in [-0.3, -0.25) is 28.8 Å². The third-order valence-corrected chi connectivity index (χ3v) is 16.8. The van der Waals surface area contributed by atoms with Gasteiger partial charge in [-0.1, -0.05) is 22.4 Å². The molecule has 2 aromatic heterocycles. The molecule has 2 unspecified atom stereocenters. The predicted octanol–water partition coefficient (Wildman–Crippen LogP) is 6.69. The molecule has 0 saturated carbocycles. The average Bonchev–Trinajstić information content (AvgIpc) is 1.72. The molecular weight excluding hydrogens is 1180 g/mol. The number of carbonyl (C=O) groups excluding carboxylic acids is 6. The summed E-state index contributed by atoms with van der Waals surface area (Å²) in [5.41, 5.74) is -5.79. The first kappa shape index (κ1) is 64.4. The summed E-state index contributed by atoms with van der Waals surface area (Å²) in [4.78, 5) is 123. The topological polar surface area (TPSA) is 294 Å². The number of nitrogens with one attached hydrogen (secondary N) is 2. The van der Waals surface area contributed by atoms with E-state index in [1.54, 1.807) is 23.6 Å². The molecular formula is C59H70F4N8O18. The van der Waals surface area contributed by atoms with E-state index >= 15 is 0 Å². The summed E-state index contributed by atoms with van der Waals surface area (Å²) < 4.78 is 100. The number of amides is 4. The van der Waals surface area contributed by atoms with Crippen LogP contribution in [0.3, 0.4) is 0 Å². The van der Waals surface area contributed by atoms with Gasteiger partial charge in [-0.05, 0) is 72.4 Å². The standard InChI is InChI=1S/C30H34F2N4O9.C29H32F2N4O9.2H2/c1-15-8-9-30(11-23(42-5)34-45-30)22-14-35(15)28(39)24-26(44-29(40)43-17(3)16(2)41-4)25(37)20(13-36(22)24)27(38)33-12-18-6-7-19(31)10-21(18)32;1-15-7-8-29(10-22(41-4)33-44-29)21-13-34(15)27(38)23-25(43-28(39)42-16(2)14-40-3)24(36)19(12-35(21)23)26(37)32-11-17-5-6-18(30)9-20(17)31;;/h6-7,10,13,15-17,22H,8-9,11-12,14H2,1-5H3,(H,33,38);5-6,9,12,15-16,21H,7-8,10-11,13-14H2,1-4H3,(H,32,37);2*1H/t15-,16?,17?,22+,30-;15-,16+,21+,29-;;/m00../s1. The third kappa shape index (κ3) is 13.0. The molecule has 2 N–H and O–H groups in total. The Hall–Kier alpha value is -9.06. The van der Waals surface area contributed by atoms with Crippen LogP contribution in [-0.2, 0) is 51.2 Å².